The number of hydrogen-bond acceptors (Lipinski definition) is 5. The minimum atomic E-state index is -4.17. The Kier molecular flexibility index (Phi) is 11.8. The van der Waals surface area contributed by atoms with Crippen LogP contribution in [0.5, 0.6) is 11.5 Å². The monoisotopic (exact) mass is 627 g/mol. The standard InChI is InChI=1S/C36H41N3O5S/c1-4-6-25-37-36(41)34(5-2)38(26-29-13-9-7-10-14-29)35(40)27-39(45(42,43)33-23-17-28(3)18-24-33)30-19-21-32(22-20-30)44-31-15-11-8-12-16-31/h7-24,34H,4-6,25-27H2,1-3H3,(H,37,41)/t34-/m1/s1. The molecule has 0 bridgehead atoms. The molecule has 0 unspecified atom stereocenters. The van der Waals surface area contributed by atoms with Gasteiger partial charge in [0.1, 0.15) is 24.1 Å². The Morgan fingerprint density at radius 1 is 0.800 bits per heavy atom. The lowest BCUT2D eigenvalue weighted by atomic mass is 10.1. The normalized spacial score (nSPS) is 11.8. The first-order valence-electron chi connectivity index (χ1n) is 15.3. The Morgan fingerprint density at radius 3 is 2.00 bits per heavy atom. The maximum absolute atomic E-state index is 14.2. The van der Waals surface area contributed by atoms with E-state index in [4.69, 9.17) is 4.74 Å². The molecule has 2 amide bonds. The molecule has 45 heavy (non-hydrogen) atoms. The van der Waals surface area contributed by atoms with Crippen LogP contribution in [0.1, 0.15) is 44.2 Å². The van der Waals surface area contributed by atoms with Gasteiger partial charge in [-0.3, -0.25) is 13.9 Å². The molecule has 0 aliphatic heterocycles. The molecule has 4 aromatic rings. The van der Waals surface area contributed by atoms with E-state index in [1.54, 1.807) is 36.4 Å². The maximum atomic E-state index is 14.2. The molecule has 0 fully saturated rings. The number of carbonyl (C=O) groups is 2. The maximum Gasteiger partial charge on any atom is 0.264 e. The average molecular weight is 628 g/mol. The minimum absolute atomic E-state index is 0.0597. The summed E-state index contributed by atoms with van der Waals surface area (Å²) in [5.74, 6) is 0.413. The highest BCUT2D eigenvalue weighted by molar-refractivity contribution is 7.92. The molecule has 236 valence electrons. The molecule has 1 atom stereocenters. The van der Waals surface area contributed by atoms with Crippen LogP contribution in [0.3, 0.4) is 0 Å². The van der Waals surface area contributed by atoms with Gasteiger partial charge in [-0.2, -0.15) is 0 Å². The van der Waals surface area contributed by atoms with Gasteiger partial charge in [0.2, 0.25) is 11.8 Å². The van der Waals surface area contributed by atoms with Gasteiger partial charge in [-0.1, -0.05) is 86.5 Å². The summed E-state index contributed by atoms with van der Waals surface area (Å²) in [6.07, 6.45) is 2.11. The third kappa shape index (κ3) is 8.95. The first-order chi connectivity index (χ1) is 21.7. The number of unbranched alkanes of at least 4 members (excludes halogenated alkanes) is 1. The lowest BCUT2D eigenvalue weighted by Gasteiger charge is -2.33. The van der Waals surface area contributed by atoms with Gasteiger partial charge < -0.3 is 15.0 Å². The van der Waals surface area contributed by atoms with Crippen molar-refractivity contribution >= 4 is 27.5 Å². The molecular formula is C36H41N3O5S. The van der Waals surface area contributed by atoms with Gasteiger partial charge >= 0.3 is 0 Å². The van der Waals surface area contributed by atoms with E-state index < -0.39 is 28.5 Å². The number of anilines is 1. The Bertz CT molecular complexity index is 1630. The van der Waals surface area contributed by atoms with Gasteiger partial charge in [0.15, 0.2) is 0 Å². The van der Waals surface area contributed by atoms with Crippen molar-refractivity contribution in [2.45, 2.75) is 57.5 Å². The summed E-state index contributed by atoms with van der Waals surface area (Å²) in [5, 5.41) is 2.95. The van der Waals surface area contributed by atoms with Crippen LogP contribution in [-0.2, 0) is 26.2 Å². The van der Waals surface area contributed by atoms with Gasteiger partial charge in [-0.15, -0.1) is 0 Å². The van der Waals surface area contributed by atoms with Crippen molar-refractivity contribution in [3.63, 3.8) is 0 Å². The summed E-state index contributed by atoms with van der Waals surface area (Å²) in [7, 11) is -4.17. The summed E-state index contributed by atoms with van der Waals surface area (Å²) in [4.78, 5) is 29.1. The second-order valence-electron chi connectivity index (χ2n) is 10.8. The Balaban J connectivity index is 1.70. The van der Waals surface area contributed by atoms with Crippen LogP contribution in [0.2, 0.25) is 0 Å². The number of carbonyl (C=O) groups excluding carboxylic acids is 2. The number of amides is 2. The highest BCUT2D eigenvalue weighted by Gasteiger charge is 2.33. The molecule has 0 aliphatic rings. The van der Waals surface area contributed by atoms with E-state index >= 15 is 0 Å². The zero-order valence-electron chi connectivity index (χ0n) is 26.1. The van der Waals surface area contributed by atoms with E-state index in [2.05, 4.69) is 5.32 Å². The molecule has 0 radical (unpaired) electrons. The van der Waals surface area contributed by atoms with Gasteiger partial charge in [-0.25, -0.2) is 8.42 Å². The first-order valence-corrected chi connectivity index (χ1v) is 16.7. The predicted octanol–water partition coefficient (Wildman–Crippen LogP) is 6.71. The number of para-hydroxylation sites is 1. The molecule has 1 N–H and O–H groups in total. The molecule has 4 rings (SSSR count). The fraction of sp³-hybridized carbons (Fsp3) is 0.278. The number of aryl methyl sites for hydroxylation is 1. The van der Waals surface area contributed by atoms with Crippen molar-refractivity contribution in [2.75, 3.05) is 17.4 Å². The smallest absolute Gasteiger partial charge is 0.264 e. The van der Waals surface area contributed by atoms with Crippen LogP contribution in [0.25, 0.3) is 0 Å². The van der Waals surface area contributed by atoms with Crippen LogP contribution in [0, 0.1) is 6.92 Å². The average Bonchev–Trinajstić information content (AvgIpc) is 3.05. The Labute approximate surface area is 266 Å². The largest absolute Gasteiger partial charge is 0.457 e. The van der Waals surface area contributed by atoms with E-state index in [0.717, 1.165) is 28.3 Å². The first kappa shape index (κ1) is 33.3. The molecule has 4 aromatic carbocycles. The highest BCUT2D eigenvalue weighted by atomic mass is 32.2. The molecule has 0 heterocycles. The third-order valence-electron chi connectivity index (χ3n) is 7.40. The molecule has 0 aliphatic carbocycles. The Morgan fingerprint density at radius 2 is 1.40 bits per heavy atom. The number of sulfonamides is 1. The molecule has 0 saturated carbocycles. The van der Waals surface area contributed by atoms with Crippen LogP contribution < -0.4 is 14.4 Å². The molecule has 9 heteroatoms. The zero-order chi connectivity index (χ0) is 32.2. The lowest BCUT2D eigenvalue weighted by Crippen LogP contribution is -2.52. The van der Waals surface area contributed by atoms with Gasteiger partial charge in [0.05, 0.1) is 10.6 Å². The number of nitrogens with one attached hydrogen (secondary N) is 1. The van der Waals surface area contributed by atoms with Crippen LogP contribution >= 0.6 is 0 Å². The van der Waals surface area contributed by atoms with Crippen molar-refractivity contribution in [2.24, 2.45) is 0 Å². The molecule has 8 nitrogen and oxygen atoms in total. The topological polar surface area (TPSA) is 96.0 Å². The summed E-state index contributed by atoms with van der Waals surface area (Å²) in [5.41, 5.74) is 2.04. The lowest BCUT2D eigenvalue weighted by molar-refractivity contribution is -0.140. The van der Waals surface area contributed by atoms with Crippen LogP contribution in [-0.4, -0.2) is 44.3 Å². The SMILES string of the molecule is CCCCNC(=O)[C@@H](CC)N(Cc1ccccc1)C(=O)CN(c1ccc(Oc2ccccc2)cc1)S(=O)(=O)c1ccc(C)cc1. The van der Waals surface area contributed by atoms with Crippen LogP contribution in [0.4, 0.5) is 5.69 Å². The van der Waals surface area contributed by atoms with E-state index in [1.807, 2.05) is 81.4 Å². The predicted molar refractivity (Wildman–Crippen MR) is 178 cm³/mol. The van der Waals surface area contributed by atoms with E-state index in [9.17, 15) is 18.0 Å². The summed E-state index contributed by atoms with van der Waals surface area (Å²) < 4.78 is 35.3. The molecule has 0 saturated heterocycles. The number of nitrogens with zero attached hydrogens (tertiary/aromatic N) is 2. The Hall–Kier alpha value is -4.63. The van der Waals surface area contributed by atoms with Crippen molar-refractivity contribution in [3.05, 3.63) is 120 Å². The number of rotatable bonds is 15. The molecular weight excluding hydrogens is 586 g/mol. The highest BCUT2D eigenvalue weighted by Crippen LogP contribution is 2.29. The van der Waals surface area contributed by atoms with Gasteiger partial charge in [-0.05, 0) is 73.9 Å². The number of ether oxygens (including phenoxy) is 1. The number of hydrogen-bond donors (Lipinski definition) is 1. The van der Waals surface area contributed by atoms with Gasteiger partial charge in [0, 0.05) is 13.1 Å². The summed E-state index contributed by atoms with van der Waals surface area (Å²) in [6, 6.07) is 31.0. The quantitative estimate of drug-likeness (QED) is 0.148. The van der Waals surface area contributed by atoms with E-state index in [-0.39, 0.29) is 17.3 Å². The van der Waals surface area contributed by atoms with Crippen molar-refractivity contribution < 1.29 is 22.7 Å². The molecule has 0 aromatic heterocycles. The van der Waals surface area contributed by atoms with Crippen LogP contribution in [0.15, 0.2) is 114 Å². The summed E-state index contributed by atoms with van der Waals surface area (Å²) in [6.45, 7) is 5.92. The van der Waals surface area contributed by atoms with E-state index in [0.29, 0.717) is 30.2 Å². The van der Waals surface area contributed by atoms with E-state index in [1.165, 1.54) is 17.0 Å². The second-order valence-corrected chi connectivity index (χ2v) is 12.7. The fourth-order valence-corrected chi connectivity index (χ4v) is 6.29. The van der Waals surface area contributed by atoms with Crippen molar-refractivity contribution in [1.29, 1.82) is 0 Å². The minimum Gasteiger partial charge on any atom is -0.457 e. The molecule has 0 spiro atoms. The van der Waals surface area contributed by atoms with Gasteiger partial charge in [0.25, 0.3) is 10.0 Å². The van der Waals surface area contributed by atoms with Crippen molar-refractivity contribution in [1.82, 2.24) is 10.2 Å². The number of benzene rings is 4. The fourth-order valence-electron chi connectivity index (χ4n) is 4.88. The second kappa shape index (κ2) is 15.9. The zero-order valence-corrected chi connectivity index (χ0v) is 26.9. The summed E-state index contributed by atoms with van der Waals surface area (Å²) >= 11 is 0. The van der Waals surface area contributed by atoms with Crippen molar-refractivity contribution in [3.8, 4) is 11.5 Å². The third-order valence-corrected chi connectivity index (χ3v) is 9.19.